The Kier molecular flexibility index (Phi) is 1.85. The zero-order chi connectivity index (χ0) is 9.42. The van der Waals surface area contributed by atoms with Gasteiger partial charge in [0.1, 0.15) is 0 Å². The Hall–Kier alpha value is -1.28. The van der Waals surface area contributed by atoms with E-state index < -0.39 is 0 Å². The molecule has 1 heterocycles. The smallest absolute Gasteiger partial charge is 0.152 e. The molecule has 1 aromatic heterocycles. The van der Waals surface area contributed by atoms with Crippen LogP contribution in [-0.2, 0) is 7.05 Å². The van der Waals surface area contributed by atoms with Crippen LogP contribution in [0.3, 0.4) is 0 Å². The van der Waals surface area contributed by atoms with Gasteiger partial charge in [0, 0.05) is 24.2 Å². The Morgan fingerprint density at radius 1 is 1.46 bits per heavy atom. The lowest BCUT2D eigenvalue weighted by atomic mass is 10.1. The van der Waals surface area contributed by atoms with Crippen LogP contribution in [0.25, 0.3) is 10.9 Å². The molecule has 3 heteroatoms. The first kappa shape index (κ1) is 8.32. The molecule has 66 valence electrons. The van der Waals surface area contributed by atoms with Crippen LogP contribution in [0.15, 0.2) is 24.4 Å². The largest absolute Gasteiger partial charge is 0.348 e. The van der Waals surface area contributed by atoms with Gasteiger partial charge in [-0.3, -0.25) is 4.79 Å². The molecule has 13 heavy (non-hydrogen) atoms. The fourth-order valence-corrected chi connectivity index (χ4v) is 1.85. The first-order valence-electron chi connectivity index (χ1n) is 3.93. The molecule has 0 fully saturated rings. The number of aryl methyl sites for hydroxylation is 1. The van der Waals surface area contributed by atoms with E-state index in [4.69, 9.17) is 11.6 Å². The predicted octanol–water partition coefficient (Wildman–Crippen LogP) is 2.64. The molecule has 0 amide bonds. The molecule has 0 aliphatic rings. The van der Waals surface area contributed by atoms with Crippen molar-refractivity contribution in [2.75, 3.05) is 0 Å². The second-order valence-corrected chi connectivity index (χ2v) is 3.36. The number of carbonyl (C=O) groups excluding carboxylic acids is 1. The first-order chi connectivity index (χ1) is 6.24. The number of hydrogen-bond acceptors (Lipinski definition) is 1. The molecule has 0 aliphatic heterocycles. The first-order valence-corrected chi connectivity index (χ1v) is 4.30. The summed E-state index contributed by atoms with van der Waals surface area (Å²) >= 11 is 5.97. The maximum atomic E-state index is 10.7. The molecule has 0 radical (unpaired) electrons. The number of rotatable bonds is 1. The maximum absolute atomic E-state index is 10.7. The van der Waals surface area contributed by atoms with Crippen molar-refractivity contribution in [2.45, 2.75) is 0 Å². The summed E-state index contributed by atoms with van der Waals surface area (Å²) in [5.41, 5.74) is 1.56. The number of hydrogen-bond donors (Lipinski definition) is 0. The average molecular weight is 194 g/mol. The molecule has 0 unspecified atom stereocenters. The van der Waals surface area contributed by atoms with E-state index in [-0.39, 0.29) is 0 Å². The highest BCUT2D eigenvalue weighted by molar-refractivity contribution is 6.36. The summed E-state index contributed by atoms with van der Waals surface area (Å²) < 4.78 is 1.86. The lowest BCUT2D eigenvalue weighted by Gasteiger charge is -1.98. The van der Waals surface area contributed by atoms with Gasteiger partial charge in [0.2, 0.25) is 0 Å². The number of nitrogens with zero attached hydrogens (tertiary/aromatic N) is 1. The summed E-state index contributed by atoms with van der Waals surface area (Å²) in [7, 11) is 1.88. The van der Waals surface area contributed by atoms with Crippen molar-refractivity contribution >= 4 is 28.8 Å². The molecule has 0 atom stereocenters. The number of aromatic nitrogens is 1. The lowest BCUT2D eigenvalue weighted by Crippen LogP contribution is -1.89. The van der Waals surface area contributed by atoms with Crippen molar-refractivity contribution in [1.82, 2.24) is 4.57 Å². The monoisotopic (exact) mass is 193 g/mol. The molecular weight excluding hydrogens is 186 g/mol. The number of aldehydes is 1. The minimum Gasteiger partial charge on any atom is -0.348 e. The normalized spacial score (nSPS) is 10.6. The van der Waals surface area contributed by atoms with E-state index in [1.165, 1.54) is 0 Å². The van der Waals surface area contributed by atoms with Gasteiger partial charge in [0.25, 0.3) is 0 Å². The summed E-state index contributed by atoms with van der Waals surface area (Å²) in [6.07, 6.45) is 2.65. The second-order valence-electron chi connectivity index (χ2n) is 2.95. The SMILES string of the molecule is Cn1cc(Cl)c2cccc(C=O)c21. The van der Waals surface area contributed by atoms with E-state index in [2.05, 4.69) is 0 Å². The Morgan fingerprint density at radius 3 is 2.92 bits per heavy atom. The number of benzene rings is 1. The molecule has 0 spiro atoms. The van der Waals surface area contributed by atoms with Crippen LogP contribution in [0.5, 0.6) is 0 Å². The van der Waals surface area contributed by atoms with Crippen LogP contribution < -0.4 is 0 Å². The Balaban J connectivity index is 2.96. The van der Waals surface area contributed by atoms with Gasteiger partial charge in [-0.15, -0.1) is 0 Å². The average Bonchev–Trinajstić information content (AvgIpc) is 2.43. The minimum absolute atomic E-state index is 0.673. The predicted molar refractivity (Wildman–Crippen MR) is 53.3 cm³/mol. The summed E-state index contributed by atoms with van der Waals surface area (Å²) in [6.45, 7) is 0. The van der Waals surface area contributed by atoms with Gasteiger partial charge < -0.3 is 4.57 Å². The van der Waals surface area contributed by atoms with E-state index in [1.807, 2.05) is 23.7 Å². The van der Waals surface area contributed by atoms with E-state index >= 15 is 0 Å². The molecule has 0 saturated heterocycles. The Bertz CT molecular complexity index is 473. The molecule has 0 saturated carbocycles. The molecule has 0 aliphatic carbocycles. The van der Waals surface area contributed by atoms with Crippen molar-refractivity contribution in [3.8, 4) is 0 Å². The van der Waals surface area contributed by atoms with E-state index in [0.717, 1.165) is 17.2 Å². The van der Waals surface area contributed by atoms with Crippen LogP contribution >= 0.6 is 11.6 Å². The number of carbonyl (C=O) groups is 1. The summed E-state index contributed by atoms with van der Waals surface area (Å²) in [5.74, 6) is 0. The highest BCUT2D eigenvalue weighted by Gasteiger charge is 2.07. The summed E-state index contributed by atoms with van der Waals surface area (Å²) in [6, 6.07) is 5.52. The third-order valence-corrected chi connectivity index (χ3v) is 2.41. The van der Waals surface area contributed by atoms with Gasteiger partial charge in [0.05, 0.1) is 10.5 Å². The number of halogens is 1. The number of fused-ring (bicyclic) bond motifs is 1. The molecule has 0 bridgehead atoms. The molecular formula is C10H8ClNO. The van der Waals surface area contributed by atoms with Gasteiger partial charge >= 0.3 is 0 Å². The zero-order valence-corrected chi connectivity index (χ0v) is 7.88. The fourth-order valence-electron chi connectivity index (χ4n) is 1.55. The van der Waals surface area contributed by atoms with Crippen molar-refractivity contribution < 1.29 is 4.79 Å². The summed E-state index contributed by atoms with van der Waals surface area (Å²) in [5, 5.41) is 1.61. The van der Waals surface area contributed by atoms with Crippen molar-refractivity contribution in [1.29, 1.82) is 0 Å². The minimum atomic E-state index is 0.673. The standard InChI is InChI=1S/C10H8ClNO/c1-12-5-9(11)8-4-2-3-7(6-13)10(8)12/h2-6H,1H3. The van der Waals surface area contributed by atoms with Crippen molar-refractivity contribution in [2.24, 2.45) is 7.05 Å². The molecule has 1 aromatic carbocycles. The Labute approximate surface area is 80.7 Å². The zero-order valence-electron chi connectivity index (χ0n) is 7.12. The van der Waals surface area contributed by atoms with Crippen LogP contribution in [0, 0.1) is 0 Å². The van der Waals surface area contributed by atoms with Crippen LogP contribution in [0.2, 0.25) is 5.02 Å². The topological polar surface area (TPSA) is 22.0 Å². The highest BCUT2D eigenvalue weighted by Crippen LogP contribution is 2.26. The second kappa shape index (κ2) is 2.89. The molecule has 2 rings (SSSR count). The number of para-hydroxylation sites is 1. The molecule has 0 N–H and O–H groups in total. The Morgan fingerprint density at radius 2 is 2.23 bits per heavy atom. The van der Waals surface area contributed by atoms with Crippen molar-refractivity contribution in [3.63, 3.8) is 0 Å². The third kappa shape index (κ3) is 1.14. The van der Waals surface area contributed by atoms with Gasteiger partial charge in [-0.1, -0.05) is 23.7 Å². The van der Waals surface area contributed by atoms with Crippen LogP contribution in [-0.4, -0.2) is 10.9 Å². The highest BCUT2D eigenvalue weighted by atomic mass is 35.5. The summed E-state index contributed by atoms with van der Waals surface area (Å²) in [4.78, 5) is 10.7. The van der Waals surface area contributed by atoms with Gasteiger partial charge in [0.15, 0.2) is 6.29 Å². The van der Waals surface area contributed by atoms with Gasteiger partial charge in [-0.25, -0.2) is 0 Å². The molecule has 2 nitrogen and oxygen atoms in total. The molecule has 2 aromatic rings. The van der Waals surface area contributed by atoms with Crippen molar-refractivity contribution in [3.05, 3.63) is 35.0 Å². The van der Waals surface area contributed by atoms with E-state index in [9.17, 15) is 4.79 Å². The van der Waals surface area contributed by atoms with E-state index in [1.54, 1.807) is 12.3 Å². The van der Waals surface area contributed by atoms with Gasteiger partial charge in [-0.2, -0.15) is 0 Å². The third-order valence-electron chi connectivity index (χ3n) is 2.11. The van der Waals surface area contributed by atoms with E-state index in [0.29, 0.717) is 10.6 Å². The maximum Gasteiger partial charge on any atom is 0.152 e. The fraction of sp³-hybridized carbons (Fsp3) is 0.100. The quantitative estimate of drug-likeness (QED) is 0.639. The van der Waals surface area contributed by atoms with Crippen LogP contribution in [0.4, 0.5) is 0 Å². The lowest BCUT2D eigenvalue weighted by molar-refractivity contribution is 0.112. The van der Waals surface area contributed by atoms with Crippen LogP contribution in [0.1, 0.15) is 10.4 Å². The van der Waals surface area contributed by atoms with Gasteiger partial charge in [-0.05, 0) is 6.07 Å².